The molecule has 0 fully saturated rings. The Kier molecular flexibility index (Phi) is 4.55. The van der Waals surface area contributed by atoms with E-state index in [1.54, 1.807) is 13.0 Å². The average Bonchev–Trinajstić information content (AvgIpc) is 2.23. The number of carbonyl (C=O) groups is 1. The van der Waals surface area contributed by atoms with E-state index in [2.05, 4.69) is 10.1 Å². The smallest absolute Gasteiger partial charge is 0.310 e. The zero-order valence-electron chi connectivity index (χ0n) is 9.09. The van der Waals surface area contributed by atoms with Crippen LogP contribution in [0, 0.1) is 11.7 Å². The number of methoxy groups -OCH3 is 1. The molecule has 1 unspecified atom stereocenters. The number of ether oxygens (including phenoxy) is 1. The Bertz CT molecular complexity index is 364. The maximum atomic E-state index is 13.0. The van der Waals surface area contributed by atoms with Crippen molar-refractivity contribution in [2.45, 2.75) is 6.92 Å². The van der Waals surface area contributed by atoms with Crippen LogP contribution in [0.4, 0.5) is 10.1 Å². The second-order valence-electron chi connectivity index (χ2n) is 3.46. The number of carbonyl (C=O) groups excluding carboxylic acids is 1. The lowest BCUT2D eigenvalue weighted by molar-refractivity contribution is -0.144. The standard InChI is InChI=1S/C11H13ClFNO2/c1-7(11(15)16-2)6-14-10-4-8(12)3-9(13)5-10/h3-5,7,14H,6H2,1-2H3. The summed E-state index contributed by atoms with van der Waals surface area (Å²) in [5, 5.41) is 3.23. The van der Waals surface area contributed by atoms with Gasteiger partial charge in [0.15, 0.2) is 0 Å². The monoisotopic (exact) mass is 245 g/mol. The van der Waals surface area contributed by atoms with Crippen molar-refractivity contribution < 1.29 is 13.9 Å². The lowest BCUT2D eigenvalue weighted by Gasteiger charge is -2.11. The van der Waals surface area contributed by atoms with Crippen LogP contribution in [-0.4, -0.2) is 19.6 Å². The van der Waals surface area contributed by atoms with E-state index in [-0.39, 0.29) is 11.9 Å². The third-order valence-electron chi connectivity index (χ3n) is 2.08. The van der Waals surface area contributed by atoms with Crippen LogP contribution in [0.15, 0.2) is 18.2 Å². The van der Waals surface area contributed by atoms with Crippen molar-refractivity contribution in [2.75, 3.05) is 19.0 Å². The van der Waals surface area contributed by atoms with Gasteiger partial charge in [-0.15, -0.1) is 0 Å². The minimum absolute atomic E-state index is 0.299. The Labute approximate surface area is 98.5 Å². The highest BCUT2D eigenvalue weighted by molar-refractivity contribution is 6.30. The van der Waals surface area contributed by atoms with Crippen molar-refractivity contribution in [2.24, 2.45) is 5.92 Å². The summed E-state index contributed by atoms with van der Waals surface area (Å²) in [5.41, 5.74) is 0.542. The quantitative estimate of drug-likeness (QED) is 0.829. The van der Waals surface area contributed by atoms with Crippen LogP contribution in [0.5, 0.6) is 0 Å². The van der Waals surface area contributed by atoms with E-state index in [1.165, 1.54) is 19.2 Å². The van der Waals surface area contributed by atoms with E-state index in [0.717, 1.165) is 0 Å². The highest BCUT2D eigenvalue weighted by Gasteiger charge is 2.12. The molecule has 16 heavy (non-hydrogen) atoms. The first-order valence-corrected chi connectivity index (χ1v) is 5.18. The van der Waals surface area contributed by atoms with Crippen molar-refractivity contribution in [3.8, 4) is 0 Å². The van der Waals surface area contributed by atoms with Crippen LogP contribution in [0.3, 0.4) is 0 Å². The molecule has 0 radical (unpaired) electrons. The molecular weight excluding hydrogens is 233 g/mol. The van der Waals surface area contributed by atoms with Crippen LogP contribution >= 0.6 is 11.6 Å². The summed E-state index contributed by atoms with van der Waals surface area (Å²) in [4.78, 5) is 11.1. The number of hydrogen-bond acceptors (Lipinski definition) is 3. The maximum absolute atomic E-state index is 13.0. The molecule has 1 aromatic rings. The molecule has 88 valence electrons. The number of benzene rings is 1. The fraction of sp³-hybridized carbons (Fsp3) is 0.364. The molecule has 0 amide bonds. The molecule has 0 heterocycles. The number of halogens is 2. The van der Waals surface area contributed by atoms with Crippen molar-refractivity contribution in [1.29, 1.82) is 0 Å². The Morgan fingerprint density at radius 3 is 2.81 bits per heavy atom. The van der Waals surface area contributed by atoms with E-state index in [0.29, 0.717) is 17.3 Å². The molecule has 0 saturated carbocycles. The maximum Gasteiger partial charge on any atom is 0.310 e. The van der Waals surface area contributed by atoms with Gasteiger partial charge in [-0.2, -0.15) is 0 Å². The van der Waals surface area contributed by atoms with Crippen molar-refractivity contribution in [3.05, 3.63) is 29.0 Å². The van der Waals surface area contributed by atoms with Crippen LogP contribution < -0.4 is 5.32 Å². The molecule has 0 bridgehead atoms. The van der Waals surface area contributed by atoms with Gasteiger partial charge in [-0.3, -0.25) is 4.79 Å². The molecule has 0 aliphatic carbocycles. The van der Waals surface area contributed by atoms with Gasteiger partial charge in [0, 0.05) is 17.3 Å². The van der Waals surface area contributed by atoms with Gasteiger partial charge < -0.3 is 10.1 Å². The van der Waals surface area contributed by atoms with E-state index >= 15 is 0 Å². The molecule has 0 aliphatic rings. The topological polar surface area (TPSA) is 38.3 Å². The first-order valence-electron chi connectivity index (χ1n) is 4.80. The summed E-state index contributed by atoms with van der Waals surface area (Å²) in [5.74, 6) is -1.03. The second-order valence-corrected chi connectivity index (χ2v) is 3.90. The predicted molar refractivity (Wildman–Crippen MR) is 61.1 cm³/mol. The second kappa shape index (κ2) is 5.70. The Balaban J connectivity index is 2.57. The SMILES string of the molecule is COC(=O)C(C)CNc1cc(F)cc(Cl)c1. The molecule has 1 rings (SSSR count). The fourth-order valence-corrected chi connectivity index (χ4v) is 1.43. The minimum atomic E-state index is -0.416. The van der Waals surface area contributed by atoms with Crippen molar-refractivity contribution in [1.82, 2.24) is 0 Å². The highest BCUT2D eigenvalue weighted by Crippen LogP contribution is 2.18. The van der Waals surface area contributed by atoms with E-state index < -0.39 is 5.82 Å². The average molecular weight is 246 g/mol. The minimum Gasteiger partial charge on any atom is -0.469 e. The lowest BCUT2D eigenvalue weighted by atomic mass is 10.2. The molecule has 3 nitrogen and oxygen atoms in total. The Hall–Kier alpha value is -1.29. The Morgan fingerprint density at radius 2 is 2.25 bits per heavy atom. The van der Waals surface area contributed by atoms with Gasteiger partial charge in [-0.1, -0.05) is 18.5 Å². The van der Waals surface area contributed by atoms with E-state index in [9.17, 15) is 9.18 Å². The summed E-state index contributed by atoms with van der Waals surface area (Å²) in [6.45, 7) is 2.09. The van der Waals surface area contributed by atoms with E-state index in [1.807, 2.05) is 0 Å². The molecule has 0 saturated heterocycles. The molecule has 1 aromatic carbocycles. The zero-order valence-corrected chi connectivity index (χ0v) is 9.84. The third-order valence-corrected chi connectivity index (χ3v) is 2.30. The molecule has 5 heteroatoms. The molecule has 0 aliphatic heterocycles. The molecule has 1 atom stereocenters. The number of nitrogens with one attached hydrogen (secondary N) is 1. The lowest BCUT2D eigenvalue weighted by Crippen LogP contribution is -2.21. The van der Waals surface area contributed by atoms with Crippen molar-refractivity contribution in [3.63, 3.8) is 0 Å². The molecule has 1 N–H and O–H groups in total. The van der Waals surface area contributed by atoms with Gasteiger partial charge in [-0.05, 0) is 18.2 Å². The molecular formula is C11H13ClFNO2. The van der Waals surface area contributed by atoms with Crippen LogP contribution in [0.25, 0.3) is 0 Å². The van der Waals surface area contributed by atoms with Gasteiger partial charge in [0.25, 0.3) is 0 Å². The first kappa shape index (κ1) is 12.8. The number of hydrogen-bond donors (Lipinski definition) is 1. The van der Waals surface area contributed by atoms with Gasteiger partial charge >= 0.3 is 5.97 Å². The fourth-order valence-electron chi connectivity index (χ4n) is 1.21. The van der Waals surface area contributed by atoms with Gasteiger partial charge in [0.2, 0.25) is 0 Å². The Morgan fingerprint density at radius 1 is 1.56 bits per heavy atom. The molecule has 0 aromatic heterocycles. The largest absolute Gasteiger partial charge is 0.469 e. The van der Waals surface area contributed by atoms with Crippen molar-refractivity contribution >= 4 is 23.3 Å². The van der Waals surface area contributed by atoms with Gasteiger partial charge in [-0.25, -0.2) is 4.39 Å². The summed E-state index contributed by atoms with van der Waals surface area (Å²) in [6.07, 6.45) is 0. The van der Waals surface area contributed by atoms with Crippen LogP contribution in [0.2, 0.25) is 5.02 Å². The van der Waals surface area contributed by atoms with Crippen LogP contribution in [-0.2, 0) is 9.53 Å². The predicted octanol–water partition coefficient (Wildman–Crippen LogP) is 2.70. The summed E-state index contributed by atoms with van der Waals surface area (Å²) < 4.78 is 17.5. The number of rotatable bonds is 4. The third kappa shape index (κ3) is 3.70. The van der Waals surface area contributed by atoms with Crippen LogP contribution in [0.1, 0.15) is 6.92 Å². The summed E-state index contributed by atoms with van der Waals surface area (Å²) >= 11 is 5.68. The first-order chi connectivity index (χ1) is 7.52. The summed E-state index contributed by atoms with van der Waals surface area (Å²) in [7, 11) is 1.33. The normalized spacial score (nSPS) is 12.0. The highest BCUT2D eigenvalue weighted by atomic mass is 35.5. The van der Waals surface area contributed by atoms with Gasteiger partial charge in [0.05, 0.1) is 13.0 Å². The van der Waals surface area contributed by atoms with E-state index in [4.69, 9.17) is 11.6 Å². The summed E-state index contributed by atoms with van der Waals surface area (Å²) in [6, 6.07) is 4.13. The zero-order chi connectivity index (χ0) is 12.1. The number of esters is 1. The molecule has 0 spiro atoms. The number of anilines is 1. The van der Waals surface area contributed by atoms with Gasteiger partial charge in [0.1, 0.15) is 5.82 Å².